The minimum atomic E-state index is -0.457. The number of aliphatic hydroxyl groups excluding tert-OH is 1. The van der Waals surface area contributed by atoms with Gasteiger partial charge < -0.3 is 9.84 Å². The number of nitrogens with zero attached hydrogens (tertiary/aromatic N) is 3. The van der Waals surface area contributed by atoms with Gasteiger partial charge in [0.05, 0.1) is 6.61 Å². The lowest BCUT2D eigenvalue weighted by Gasteiger charge is -1.97. The molecule has 0 aliphatic rings. The van der Waals surface area contributed by atoms with Crippen molar-refractivity contribution in [1.82, 2.24) is 14.6 Å². The van der Waals surface area contributed by atoms with Crippen LogP contribution >= 0.6 is 0 Å². The van der Waals surface area contributed by atoms with E-state index in [1.807, 2.05) is 0 Å². The molecule has 2 aromatic heterocycles. The molecule has 0 unspecified atom stereocenters. The first-order valence-electron chi connectivity index (χ1n) is 5.37. The van der Waals surface area contributed by atoms with Crippen LogP contribution in [0.2, 0.25) is 0 Å². The third-order valence-electron chi connectivity index (χ3n) is 2.25. The van der Waals surface area contributed by atoms with Crippen LogP contribution < -0.4 is 0 Å². The second kappa shape index (κ2) is 4.92. The van der Waals surface area contributed by atoms with Crippen molar-refractivity contribution in [3.63, 3.8) is 0 Å². The molecule has 17 heavy (non-hydrogen) atoms. The van der Waals surface area contributed by atoms with Crippen LogP contribution in [0.3, 0.4) is 0 Å². The monoisotopic (exact) mass is 235 g/mol. The maximum absolute atomic E-state index is 11.5. The molecule has 0 aromatic carbocycles. The van der Waals surface area contributed by atoms with Crippen molar-refractivity contribution in [3.05, 3.63) is 29.7 Å². The average molecular weight is 235 g/mol. The fourth-order valence-electron chi connectivity index (χ4n) is 1.48. The SMILES string of the molecule is CCOC(=O)c1cc2ncc(CCO)cn2n1. The molecular weight excluding hydrogens is 222 g/mol. The molecule has 0 amide bonds. The highest BCUT2D eigenvalue weighted by molar-refractivity contribution is 5.88. The number of fused-ring (bicyclic) bond motifs is 1. The largest absolute Gasteiger partial charge is 0.461 e. The Morgan fingerprint density at radius 2 is 2.41 bits per heavy atom. The van der Waals surface area contributed by atoms with Gasteiger partial charge in [-0.1, -0.05) is 0 Å². The van der Waals surface area contributed by atoms with Gasteiger partial charge in [-0.25, -0.2) is 14.3 Å². The Hall–Kier alpha value is -1.95. The van der Waals surface area contributed by atoms with Crippen molar-refractivity contribution >= 4 is 11.6 Å². The van der Waals surface area contributed by atoms with E-state index in [2.05, 4.69) is 10.1 Å². The fourth-order valence-corrected chi connectivity index (χ4v) is 1.48. The van der Waals surface area contributed by atoms with Crippen molar-refractivity contribution in [3.8, 4) is 0 Å². The van der Waals surface area contributed by atoms with E-state index in [0.717, 1.165) is 5.56 Å². The summed E-state index contributed by atoms with van der Waals surface area (Å²) in [6, 6.07) is 1.57. The van der Waals surface area contributed by atoms with Gasteiger partial charge in [0.15, 0.2) is 11.3 Å². The molecular formula is C11H13N3O3. The van der Waals surface area contributed by atoms with Crippen LogP contribution in [0.5, 0.6) is 0 Å². The Balaban J connectivity index is 2.33. The second-order valence-corrected chi connectivity index (χ2v) is 3.49. The second-order valence-electron chi connectivity index (χ2n) is 3.49. The number of aliphatic hydroxyl groups is 1. The van der Waals surface area contributed by atoms with Gasteiger partial charge in [0.2, 0.25) is 0 Å². The van der Waals surface area contributed by atoms with Crippen LogP contribution in [0.1, 0.15) is 23.0 Å². The maximum atomic E-state index is 11.5. The fraction of sp³-hybridized carbons (Fsp3) is 0.364. The molecule has 0 fully saturated rings. The number of rotatable bonds is 4. The Kier molecular flexibility index (Phi) is 3.34. The van der Waals surface area contributed by atoms with Crippen LogP contribution in [0.4, 0.5) is 0 Å². The summed E-state index contributed by atoms with van der Waals surface area (Å²) in [4.78, 5) is 15.6. The number of carbonyl (C=O) groups excluding carboxylic acids is 1. The molecule has 0 aliphatic carbocycles. The zero-order valence-electron chi connectivity index (χ0n) is 9.46. The number of aromatic nitrogens is 3. The molecule has 0 saturated heterocycles. The van der Waals surface area contributed by atoms with Gasteiger partial charge in [-0.3, -0.25) is 0 Å². The molecule has 2 heterocycles. The zero-order valence-corrected chi connectivity index (χ0v) is 9.46. The lowest BCUT2D eigenvalue weighted by atomic mass is 10.2. The predicted molar refractivity (Wildman–Crippen MR) is 59.7 cm³/mol. The van der Waals surface area contributed by atoms with Gasteiger partial charge in [0.1, 0.15) is 0 Å². The quantitative estimate of drug-likeness (QED) is 0.778. The molecule has 0 spiro atoms. The number of hydrogen-bond acceptors (Lipinski definition) is 5. The van der Waals surface area contributed by atoms with E-state index in [4.69, 9.17) is 9.84 Å². The van der Waals surface area contributed by atoms with Gasteiger partial charge in [-0.2, -0.15) is 5.10 Å². The van der Waals surface area contributed by atoms with Gasteiger partial charge in [-0.05, 0) is 18.9 Å². The highest BCUT2D eigenvalue weighted by Gasteiger charge is 2.12. The van der Waals surface area contributed by atoms with Crippen LogP contribution in [0.25, 0.3) is 5.65 Å². The van der Waals surface area contributed by atoms with E-state index in [0.29, 0.717) is 18.7 Å². The van der Waals surface area contributed by atoms with Crippen LogP contribution in [-0.4, -0.2) is 38.9 Å². The van der Waals surface area contributed by atoms with Crippen LogP contribution in [0, 0.1) is 0 Å². The molecule has 6 nitrogen and oxygen atoms in total. The molecule has 2 aromatic rings. The number of esters is 1. The van der Waals surface area contributed by atoms with Crippen molar-refractivity contribution in [2.75, 3.05) is 13.2 Å². The summed E-state index contributed by atoms with van der Waals surface area (Å²) in [6.07, 6.45) is 3.90. The molecule has 2 rings (SSSR count). The van der Waals surface area contributed by atoms with Crippen molar-refractivity contribution < 1.29 is 14.6 Å². The van der Waals surface area contributed by atoms with Gasteiger partial charge in [0.25, 0.3) is 0 Å². The van der Waals surface area contributed by atoms with Crippen molar-refractivity contribution in [1.29, 1.82) is 0 Å². The summed E-state index contributed by atoms with van der Waals surface area (Å²) in [7, 11) is 0. The third kappa shape index (κ3) is 2.42. The summed E-state index contributed by atoms with van der Waals surface area (Å²) < 4.78 is 6.36. The Bertz CT molecular complexity index is 536. The summed E-state index contributed by atoms with van der Waals surface area (Å²) in [5, 5.41) is 12.9. The topological polar surface area (TPSA) is 76.7 Å². The Labute approximate surface area is 97.9 Å². The standard InChI is InChI=1S/C11H13N3O3/c1-2-17-11(16)9-5-10-12-6-8(3-4-15)7-14(10)13-9/h5-7,15H,2-4H2,1H3. The molecule has 0 bridgehead atoms. The summed E-state index contributed by atoms with van der Waals surface area (Å²) in [5.74, 6) is -0.457. The lowest BCUT2D eigenvalue weighted by Crippen LogP contribution is -2.05. The maximum Gasteiger partial charge on any atom is 0.358 e. The molecule has 90 valence electrons. The number of hydrogen-bond donors (Lipinski definition) is 1. The Morgan fingerprint density at radius 1 is 1.59 bits per heavy atom. The Morgan fingerprint density at radius 3 is 3.12 bits per heavy atom. The van der Waals surface area contributed by atoms with Gasteiger partial charge in [-0.15, -0.1) is 0 Å². The lowest BCUT2D eigenvalue weighted by molar-refractivity contribution is 0.0519. The first-order valence-corrected chi connectivity index (χ1v) is 5.37. The van der Waals surface area contributed by atoms with Crippen molar-refractivity contribution in [2.45, 2.75) is 13.3 Å². The van der Waals surface area contributed by atoms with Gasteiger partial charge in [0, 0.05) is 25.1 Å². The molecule has 0 saturated carbocycles. The molecule has 0 aliphatic heterocycles. The van der Waals surface area contributed by atoms with E-state index in [1.165, 1.54) is 4.52 Å². The minimum absolute atomic E-state index is 0.0548. The highest BCUT2D eigenvalue weighted by atomic mass is 16.5. The van der Waals surface area contributed by atoms with Crippen LogP contribution in [0.15, 0.2) is 18.5 Å². The zero-order chi connectivity index (χ0) is 12.3. The summed E-state index contributed by atoms with van der Waals surface area (Å²) in [6.45, 7) is 2.11. The smallest absolute Gasteiger partial charge is 0.358 e. The number of carbonyl (C=O) groups is 1. The van der Waals surface area contributed by atoms with Gasteiger partial charge >= 0.3 is 5.97 Å². The van der Waals surface area contributed by atoms with E-state index in [-0.39, 0.29) is 12.3 Å². The van der Waals surface area contributed by atoms with E-state index in [1.54, 1.807) is 25.4 Å². The summed E-state index contributed by atoms with van der Waals surface area (Å²) >= 11 is 0. The minimum Gasteiger partial charge on any atom is -0.461 e. The molecule has 1 N–H and O–H groups in total. The summed E-state index contributed by atoms with van der Waals surface area (Å²) in [5.41, 5.74) is 1.67. The van der Waals surface area contributed by atoms with Crippen molar-refractivity contribution in [2.24, 2.45) is 0 Å². The molecule has 0 atom stereocenters. The normalized spacial score (nSPS) is 10.7. The highest BCUT2D eigenvalue weighted by Crippen LogP contribution is 2.07. The molecule has 0 radical (unpaired) electrons. The van der Waals surface area contributed by atoms with E-state index in [9.17, 15) is 4.79 Å². The number of ether oxygens (including phenoxy) is 1. The van der Waals surface area contributed by atoms with Crippen LogP contribution in [-0.2, 0) is 11.2 Å². The van der Waals surface area contributed by atoms with E-state index < -0.39 is 5.97 Å². The third-order valence-corrected chi connectivity index (χ3v) is 2.25. The molecule has 6 heteroatoms. The average Bonchev–Trinajstić information content (AvgIpc) is 2.73. The first kappa shape index (κ1) is 11.5. The van der Waals surface area contributed by atoms with E-state index >= 15 is 0 Å². The first-order chi connectivity index (χ1) is 8.24. The predicted octanol–water partition coefficient (Wildman–Crippen LogP) is 0.441.